The van der Waals surface area contributed by atoms with Crippen molar-refractivity contribution in [3.63, 3.8) is 0 Å². The van der Waals surface area contributed by atoms with E-state index in [2.05, 4.69) is 0 Å². The van der Waals surface area contributed by atoms with Crippen LogP contribution in [0.25, 0.3) is 0 Å². The monoisotopic (exact) mass is 428 g/mol. The minimum Gasteiger partial charge on any atom is -1.00 e. The minimum absolute atomic E-state index is 0. The predicted molar refractivity (Wildman–Crippen MR) is 15.3 cm³/mol. The van der Waals surface area contributed by atoms with Gasteiger partial charge in [-0.15, -0.1) is 0 Å². The van der Waals surface area contributed by atoms with Crippen LogP contribution in [0.4, 0.5) is 0 Å². The molecule has 0 heterocycles. The van der Waals surface area contributed by atoms with Gasteiger partial charge in [0, 0.05) is 0 Å². The van der Waals surface area contributed by atoms with Crippen molar-refractivity contribution in [2.24, 2.45) is 0 Å². The van der Waals surface area contributed by atoms with E-state index in [-0.39, 0.29) is 126 Å². The average molecular weight is 428 g/mol. The first-order chi connectivity index (χ1) is 0. The molecule has 0 N–H and O–H groups in total. The zero-order chi connectivity index (χ0) is 0. The molecule has 0 unspecified atom stereocenters. The van der Waals surface area contributed by atoms with Crippen molar-refractivity contribution in [3.05, 3.63) is 0 Å². The van der Waals surface area contributed by atoms with Crippen LogP contribution in [0.2, 0.25) is 0 Å². The first-order valence-corrected chi connectivity index (χ1v) is 0. The van der Waals surface area contributed by atoms with Crippen LogP contribution >= 0.6 is 9.90 Å². The Hall–Kier alpha value is 2.18. The van der Waals surface area contributed by atoms with E-state index in [1.165, 1.54) is 0 Å². The van der Waals surface area contributed by atoms with Crippen LogP contribution in [-0.4, -0.2) is 0 Å². The largest absolute Gasteiger partial charge is 5.00 e. The van der Waals surface area contributed by atoms with E-state index in [0.717, 1.165) is 0 Å². The van der Waals surface area contributed by atoms with Gasteiger partial charge in [-0.05, 0) is 0 Å². The summed E-state index contributed by atoms with van der Waals surface area (Å²) in [5.74, 6) is 0. The Bertz CT molecular complexity index is 14.5. The molecule has 0 fully saturated rings. The number of rotatable bonds is 0. The zero-order valence-corrected chi connectivity index (χ0v) is 11.2. The third kappa shape index (κ3) is 321. The van der Waals surface area contributed by atoms with Gasteiger partial charge in [0.05, 0.1) is 0 Å². The van der Waals surface area contributed by atoms with E-state index in [0.29, 0.717) is 0 Å². The van der Waals surface area contributed by atoms with E-state index < -0.39 is 0 Å². The van der Waals surface area contributed by atoms with Crippen LogP contribution in [0, 0.1) is 0 Å². The maximum absolute atomic E-state index is 0. The van der Waals surface area contributed by atoms with Crippen molar-refractivity contribution in [2.45, 2.75) is 0 Å². The average Bonchev–Trinajstić information content (AvgIpc) is 0. The maximum atomic E-state index is 0. The van der Waals surface area contributed by atoms with Gasteiger partial charge in [-0.2, -0.15) is 0 Å². The fourth-order valence-corrected chi connectivity index (χ4v) is 0. The number of hydrogen-bond donors (Lipinski definition) is 0. The van der Waals surface area contributed by atoms with Gasteiger partial charge >= 0.3 is 73.8 Å². The van der Waals surface area contributed by atoms with Crippen LogP contribution in [0.3, 0.4) is 0 Å². The summed E-state index contributed by atoms with van der Waals surface area (Å²) in [4.78, 5) is 0. The second-order valence-electron chi connectivity index (χ2n) is 0. The maximum Gasteiger partial charge on any atom is 5.00 e. The third-order valence-corrected chi connectivity index (χ3v) is 0. The molecule has 0 spiro atoms. The van der Waals surface area contributed by atoms with E-state index in [1.54, 1.807) is 0 Å². The molecule has 0 aliphatic carbocycles. The molecule has 0 amide bonds. The third-order valence-electron chi connectivity index (χ3n) is 0. The van der Waals surface area contributed by atoms with Gasteiger partial charge < -0.3 is 42.3 Å². The molecule has 0 atom stereocenters. The van der Waals surface area contributed by atoms with Gasteiger partial charge in [0.1, 0.15) is 0 Å². The molecule has 12 heteroatoms. The summed E-state index contributed by atoms with van der Waals surface area (Å²) in [6.07, 6.45) is 0. The molecular weight excluding hydrogens is 422 g/mol. The first-order valence-electron chi connectivity index (χ1n) is 0. The molecule has 0 bridgehead atoms. The molecule has 12 heavy (non-hydrogen) atoms. The van der Waals surface area contributed by atoms with Gasteiger partial charge in [0.25, 0.3) is 0 Å². The molecule has 0 aromatic rings. The molecule has 0 aliphatic heterocycles. The van der Waals surface area contributed by atoms with Crippen molar-refractivity contribution in [1.82, 2.24) is 0 Å². The van der Waals surface area contributed by atoms with Gasteiger partial charge in [-0.3, -0.25) is 9.90 Å². The number of hydrogen-bond acceptors (Lipinski definition) is 0. The van der Waals surface area contributed by atoms with E-state index in [1.807, 2.05) is 0 Å². The Morgan fingerprint density at radius 2 is 0.333 bits per heavy atom. The van der Waals surface area contributed by atoms with Crippen molar-refractivity contribution in [2.75, 3.05) is 0 Å². The SMILES string of the molecule is [F-].[F-].[F-].[F-].[F-].[F-].[F-].[F-].[F-].[K+].[PH6+3].[Ta+5]. The summed E-state index contributed by atoms with van der Waals surface area (Å²) < 4.78 is 0. The van der Waals surface area contributed by atoms with Gasteiger partial charge in [-0.25, -0.2) is 0 Å². The van der Waals surface area contributed by atoms with Crippen LogP contribution in [0.15, 0.2) is 0 Å². The molecule has 0 rings (SSSR count). The van der Waals surface area contributed by atoms with E-state index in [4.69, 9.17) is 0 Å². The van der Waals surface area contributed by atoms with Crippen molar-refractivity contribution in [1.29, 1.82) is 0 Å². The predicted octanol–water partition coefficient (Wildman–Crippen LogP) is -30.7. The van der Waals surface area contributed by atoms with Crippen molar-refractivity contribution in [3.8, 4) is 0 Å². The summed E-state index contributed by atoms with van der Waals surface area (Å²) >= 11 is 0. The summed E-state index contributed by atoms with van der Waals surface area (Å²) in [7, 11) is 0. The quantitative estimate of drug-likeness (QED) is 0.205. The Morgan fingerprint density at radius 1 is 0.333 bits per heavy atom. The molecule has 0 saturated carbocycles. The second kappa shape index (κ2) is 412. The van der Waals surface area contributed by atoms with Crippen LogP contribution in [0.5, 0.6) is 0 Å². The van der Waals surface area contributed by atoms with Gasteiger partial charge in [0.15, 0.2) is 0 Å². The van der Waals surface area contributed by atoms with E-state index in [9.17, 15) is 0 Å². The fourth-order valence-electron chi connectivity index (χ4n) is 0. The molecule has 0 saturated heterocycles. The Kier molecular flexibility index (Phi) is 17900. The molecule has 0 aromatic heterocycles. The summed E-state index contributed by atoms with van der Waals surface area (Å²) in [5.41, 5.74) is 0. The molecule has 80 valence electrons. The normalized spacial score (nSPS) is 0. The fraction of sp³-hybridized carbons (Fsp3) is 0. The minimum atomic E-state index is 0. The smallest absolute Gasteiger partial charge is 1.00 e. The first kappa shape index (κ1) is 520. The zero-order valence-electron chi connectivity index (χ0n) is 4.85. The van der Waals surface area contributed by atoms with Crippen LogP contribution in [-0.2, 0) is 22.4 Å². The van der Waals surface area contributed by atoms with Crippen LogP contribution < -0.4 is 93.7 Å². The van der Waals surface area contributed by atoms with Crippen molar-refractivity contribution >= 4 is 9.90 Å². The summed E-state index contributed by atoms with van der Waals surface area (Å²) in [6, 6.07) is 0. The molecule has 0 nitrogen and oxygen atoms in total. The van der Waals surface area contributed by atoms with Crippen LogP contribution in [0.1, 0.15) is 0 Å². The molecule has 0 radical (unpaired) electrons. The van der Waals surface area contributed by atoms with Gasteiger partial charge in [-0.1, -0.05) is 0 Å². The molecule has 0 aromatic carbocycles. The summed E-state index contributed by atoms with van der Waals surface area (Å²) in [6.45, 7) is 0. The number of halogens is 9. The molecular formula is H6F9KPTa. The summed E-state index contributed by atoms with van der Waals surface area (Å²) in [5, 5.41) is 0. The molecule has 0 aliphatic rings. The standard InChI is InChI=1S/9FH.K.H6P.Ta/h9*1H;;1H6;/q;;;;;;;;;+1;+3;+5/p-9. The van der Waals surface area contributed by atoms with Crippen molar-refractivity contribution < 1.29 is 116 Å². The Morgan fingerprint density at radius 3 is 0.333 bits per heavy atom. The van der Waals surface area contributed by atoms with Gasteiger partial charge in [0.2, 0.25) is 0 Å². The Labute approximate surface area is 124 Å². The second-order valence-corrected chi connectivity index (χ2v) is 0. The van der Waals surface area contributed by atoms with E-state index >= 15 is 0 Å². The Balaban J connectivity index is 0. The topological polar surface area (TPSA) is 0 Å².